The van der Waals surface area contributed by atoms with Gasteiger partial charge in [-0.3, -0.25) is 4.98 Å². The van der Waals surface area contributed by atoms with Gasteiger partial charge in [0.1, 0.15) is 4.90 Å². The fourth-order valence-corrected chi connectivity index (χ4v) is 2.10. The molecule has 19 heavy (non-hydrogen) atoms. The fourth-order valence-electron chi connectivity index (χ4n) is 1.10. The molecule has 0 aliphatic heterocycles. The first-order valence-corrected chi connectivity index (χ1v) is 6.43. The third kappa shape index (κ3) is 5.10. The van der Waals surface area contributed by atoms with E-state index in [4.69, 9.17) is 5.11 Å². The van der Waals surface area contributed by atoms with E-state index in [1.54, 1.807) is 4.72 Å². The van der Waals surface area contributed by atoms with E-state index in [-0.39, 0.29) is 10.5 Å². The summed E-state index contributed by atoms with van der Waals surface area (Å²) in [5.41, 5.74) is 0.224. The summed E-state index contributed by atoms with van der Waals surface area (Å²) in [4.78, 5) is 13.6. The zero-order valence-electron chi connectivity index (χ0n) is 9.45. The molecule has 0 radical (unpaired) electrons. The summed E-state index contributed by atoms with van der Waals surface area (Å²) in [7, 11) is -4.09. The number of aliphatic carboxylic acids is 1. The predicted molar refractivity (Wildman–Crippen MR) is 62.1 cm³/mol. The molecular weight excluding hydrogens is 282 g/mol. The maximum atomic E-state index is 12.0. The van der Waals surface area contributed by atoms with Gasteiger partial charge in [-0.05, 0) is 17.7 Å². The van der Waals surface area contributed by atoms with E-state index in [1.165, 1.54) is 6.20 Å². The van der Waals surface area contributed by atoms with Gasteiger partial charge in [-0.25, -0.2) is 26.7 Å². The van der Waals surface area contributed by atoms with E-state index in [2.05, 4.69) is 4.98 Å². The molecule has 0 aliphatic rings. The van der Waals surface area contributed by atoms with Crippen LogP contribution in [0.3, 0.4) is 0 Å². The predicted octanol–water partition coefficient (Wildman–Crippen LogP) is 0.723. The van der Waals surface area contributed by atoms with Crippen LogP contribution in [0.2, 0.25) is 0 Å². The zero-order valence-corrected chi connectivity index (χ0v) is 10.3. The monoisotopic (exact) mass is 292 g/mol. The highest BCUT2D eigenvalue weighted by Crippen LogP contribution is 2.11. The maximum Gasteiger partial charge on any atom is 0.328 e. The van der Waals surface area contributed by atoms with Crippen LogP contribution in [-0.2, 0) is 14.8 Å². The first-order valence-electron chi connectivity index (χ1n) is 4.95. The number of carboxylic acids is 1. The molecule has 0 spiro atoms. The lowest BCUT2D eigenvalue weighted by Gasteiger charge is -2.06. The van der Waals surface area contributed by atoms with Crippen molar-refractivity contribution >= 4 is 22.1 Å². The van der Waals surface area contributed by atoms with Crippen LogP contribution < -0.4 is 4.72 Å². The van der Waals surface area contributed by atoms with Crippen LogP contribution in [0.25, 0.3) is 6.08 Å². The smallest absolute Gasteiger partial charge is 0.328 e. The van der Waals surface area contributed by atoms with Crippen molar-refractivity contribution in [1.29, 1.82) is 0 Å². The molecular formula is C10H10F2N2O4S. The second-order valence-electron chi connectivity index (χ2n) is 3.37. The van der Waals surface area contributed by atoms with Gasteiger partial charge < -0.3 is 5.11 Å². The third-order valence-corrected chi connectivity index (χ3v) is 3.28. The van der Waals surface area contributed by atoms with Crippen molar-refractivity contribution in [2.24, 2.45) is 0 Å². The minimum absolute atomic E-state index is 0.224. The van der Waals surface area contributed by atoms with Crippen LogP contribution in [-0.4, -0.2) is 37.4 Å². The lowest BCUT2D eigenvalue weighted by atomic mass is 10.2. The number of carbonyl (C=O) groups is 1. The largest absolute Gasteiger partial charge is 0.478 e. The number of carboxylic acid groups (broad SMARTS) is 1. The molecule has 0 amide bonds. The normalized spacial score (nSPS) is 12.2. The Balaban J connectivity index is 2.95. The average Bonchev–Trinajstić information content (AvgIpc) is 2.34. The molecule has 0 bridgehead atoms. The summed E-state index contributed by atoms with van der Waals surface area (Å²) in [5, 5.41) is 8.43. The lowest BCUT2D eigenvalue weighted by molar-refractivity contribution is -0.131. The summed E-state index contributed by atoms with van der Waals surface area (Å²) in [6.45, 7) is -1.00. The molecule has 6 nitrogen and oxygen atoms in total. The highest BCUT2D eigenvalue weighted by molar-refractivity contribution is 7.89. The van der Waals surface area contributed by atoms with Gasteiger partial charge >= 0.3 is 5.97 Å². The number of halogens is 2. The summed E-state index contributed by atoms with van der Waals surface area (Å²) in [6, 6.07) is 1.13. The second-order valence-corrected chi connectivity index (χ2v) is 5.14. The standard InChI is InChI=1S/C10H10F2N2O4S/c11-9(12)6-14-19(17,18)8-3-7(4-13-5-8)1-2-10(15)16/h1-5,9,14H,6H2,(H,15,16)/b2-1+. The number of pyridine rings is 1. The molecule has 0 atom stereocenters. The van der Waals surface area contributed by atoms with Crippen molar-refractivity contribution in [3.05, 3.63) is 30.1 Å². The van der Waals surface area contributed by atoms with Gasteiger partial charge in [-0.1, -0.05) is 0 Å². The second kappa shape index (κ2) is 6.34. The van der Waals surface area contributed by atoms with Crippen LogP contribution in [0.4, 0.5) is 8.78 Å². The highest BCUT2D eigenvalue weighted by Gasteiger charge is 2.16. The minimum Gasteiger partial charge on any atom is -0.478 e. The van der Waals surface area contributed by atoms with Crippen LogP contribution in [0, 0.1) is 0 Å². The molecule has 0 unspecified atom stereocenters. The Morgan fingerprint density at radius 3 is 2.74 bits per heavy atom. The van der Waals surface area contributed by atoms with E-state index in [0.29, 0.717) is 0 Å². The summed E-state index contributed by atoms with van der Waals surface area (Å²) < 4.78 is 48.8. The van der Waals surface area contributed by atoms with Gasteiger partial charge in [-0.2, -0.15) is 0 Å². The molecule has 9 heteroatoms. The Bertz CT molecular complexity index is 587. The number of nitrogens with one attached hydrogen (secondary N) is 1. The van der Waals surface area contributed by atoms with Gasteiger partial charge in [0.2, 0.25) is 10.0 Å². The molecule has 0 aromatic carbocycles. The molecule has 1 aromatic heterocycles. The number of sulfonamides is 1. The molecule has 1 heterocycles. The number of nitrogens with zero attached hydrogens (tertiary/aromatic N) is 1. The fraction of sp³-hybridized carbons (Fsp3) is 0.200. The van der Waals surface area contributed by atoms with Crippen LogP contribution in [0.5, 0.6) is 0 Å². The van der Waals surface area contributed by atoms with Crippen molar-refractivity contribution in [3.8, 4) is 0 Å². The van der Waals surface area contributed by atoms with E-state index in [1.807, 2.05) is 0 Å². The van der Waals surface area contributed by atoms with Gasteiger partial charge in [0.15, 0.2) is 0 Å². The molecule has 0 aliphatic carbocycles. The van der Waals surface area contributed by atoms with E-state index in [9.17, 15) is 22.0 Å². The number of alkyl halides is 2. The molecule has 2 N–H and O–H groups in total. The van der Waals surface area contributed by atoms with Crippen molar-refractivity contribution in [2.75, 3.05) is 6.54 Å². The zero-order chi connectivity index (χ0) is 14.5. The molecule has 1 rings (SSSR count). The molecule has 0 saturated carbocycles. The summed E-state index contributed by atoms with van der Waals surface area (Å²) in [5.74, 6) is -1.20. The Morgan fingerprint density at radius 1 is 1.47 bits per heavy atom. The van der Waals surface area contributed by atoms with Crippen molar-refractivity contribution in [2.45, 2.75) is 11.3 Å². The Hall–Kier alpha value is -1.87. The number of rotatable bonds is 6. The van der Waals surface area contributed by atoms with Gasteiger partial charge in [0, 0.05) is 18.5 Å². The number of hydrogen-bond acceptors (Lipinski definition) is 4. The molecule has 0 fully saturated rings. The van der Waals surface area contributed by atoms with Gasteiger partial charge in [0.05, 0.1) is 6.54 Å². The van der Waals surface area contributed by atoms with Crippen molar-refractivity contribution < 1.29 is 27.1 Å². The summed E-state index contributed by atoms with van der Waals surface area (Å²) in [6.07, 6.45) is 1.36. The first kappa shape index (κ1) is 15.2. The SMILES string of the molecule is O=C(O)/C=C/c1cncc(S(=O)(=O)NCC(F)F)c1. The van der Waals surface area contributed by atoms with E-state index in [0.717, 1.165) is 24.4 Å². The average molecular weight is 292 g/mol. The minimum atomic E-state index is -4.09. The van der Waals surface area contributed by atoms with E-state index >= 15 is 0 Å². The van der Waals surface area contributed by atoms with E-state index < -0.39 is 29.0 Å². The van der Waals surface area contributed by atoms with Crippen LogP contribution >= 0.6 is 0 Å². The quantitative estimate of drug-likeness (QED) is 0.753. The first-order chi connectivity index (χ1) is 8.81. The Kier molecular flexibility index (Phi) is 5.07. The van der Waals surface area contributed by atoms with Crippen LogP contribution in [0.1, 0.15) is 5.56 Å². The van der Waals surface area contributed by atoms with Gasteiger partial charge in [0.25, 0.3) is 6.43 Å². The number of aromatic nitrogens is 1. The third-order valence-electron chi connectivity index (χ3n) is 1.89. The Morgan fingerprint density at radius 2 is 2.16 bits per heavy atom. The van der Waals surface area contributed by atoms with Crippen molar-refractivity contribution in [1.82, 2.24) is 9.71 Å². The van der Waals surface area contributed by atoms with Crippen molar-refractivity contribution in [3.63, 3.8) is 0 Å². The lowest BCUT2D eigenvalue weighted by Crippen LogP contribution is -2.28. The molecule has 1 aromatic rings. The summed E-state index contributed by atoms with van der Waals surface area (Å²) >= 11 is 0. The highest BCUT2D eigenvalue weighted by atomic mass is 32.2. The topological polar surface area (TPSA) is 96.4 Å². The number of hydrogen-bond donors (Lipinski definition) is 2. The Labute approximate surface area is 107 Å². The van der Waals surface area contributed by atoms with Crippen LogP contribution in [0.15, 0.2) is 29.4 Å². The van der Waals surface area contributed by atoms with Gasteiger partial charge in [-0.15, -0.1) is 0 Å². The molecule has 104 valence electrons. The molecule has 0 saturated heterocycles. The maximum absolute atomic E-state index is 12.0.